The molecule has 0 radical (unpaired) electrons. The van der Waals surface area contributed by atoms with Gasteiger partial charge in [-0.2, -0.15) is 0 Å². The Balaban J connectivity index is 4.56. The van der Waals surface area contributed by atoms with E-state index >= 15 is 0 Å². The SMILES string of the molecule is CCCCCCCC/C=C\C/C=C/CCC(=O)OC(CCCCCCCCCCC)CC(=O)NC(CO)C(O)CCCCCCCCCCCCCCC. The van der Waals surface area contributed by atoms with E-state index in [-0.39, 0.29) is 24.9 Å². The Hall–Kier alpha value is -1.66. The molecule has 0 aromatic heterocycles. The zero-order valence-electron chi connectivity index (χ0n) is 36.1. The number of amides is 1. The number of nitrogens with one attached hydrogen (secondary N) is 1. The van der Waals surface area contributed by atoms with Gasteiger partial charge in [0.1, 0.15) is 6.10 Å². The smallest absolute Gasteiger partial charge is 0.306 e. The number of ether oxygens (including phenoxy) is 1. The molecule has 3 atom stereocenters. The fraction of sp³-hybridized carbons (Fsp3) is 0.875. The van der Waals surface area contributed by atoms with Gasteiger partial charge in [0.15, 0.2) is 0 Å². The van der Waals surface area contributed by atoms with Gasteiger partial charge in [-0.25, -0.2) is 0 Å². The molecule has 0 rings (SSSR count). The minimum atomic E-state index is -0.790. The number of carbonyl (C=O) groups is 2. The van der Waals surface area contributed by atoms with Crippen LogP contribution in [0.5, 0.6) is 0 Å². The average Bonchev–Trinajstić information content (AvgIpc) is 3.16. The molecule has 0 saturated carbocycles. The summed E-state index contributed by atoms with van der Waals surface area (Å²) in [6, 6.07) is -0.705. The molecular formula is C48H91NO5. The number of hydrogen-bond donors (Lipinski definition) is 3. The second kappa shape index (κ2) is 42.5. The lowest BCUT2D eigenvalue weighted by Gasteiger charge is -2.24. The van der Waals surface area contributed by atoms with Crippen LogP contribution in [0.2, 0.25) is 0 Å². The Morgan fingerprint density at radius 3 is 1.41 bits per heavy atom. The number of rotatable bonds is 42. The number of unbranched alkanes of at least 4 members (excludes halogenated alkanes) is 26. The van der Waals surface area contributed by atoms with Crippen molar-refractivity contribution in [1.29, 1.82) is 0 Å². The van der Waals surface area contributed by atoms with Gasteiger partial charge >= 0.3 is 5.97 Å². The largest absolute Gasteiger partial charge is 0.462 e. The van der Waals surface area contributed by atoms with Gasteiger partial charge in [-0.05, 0) is 44.9 Å². The van der Waals surface area contributed by atoms with Crippen molar-refractivity contribution in [1.82, 2.24) is 5.32 Å². The maximum absolute atomic E-state index is 13.1. The van der Waals surface area contributed by atoms with Crippen LogP contribution in [-0.4, -0.2) is 46.9 Å². The fourth-order valence-electron chi connectivity index (χ4n) is 7.19. The van der Waals surface area contributed by atoms with Crippen LogP contribution in [0, 0.1) is 0 Å². The molecular weight excluding hydrogens is 671 g/mol. The molecule has 0 heterocycles. The molecule has 0 aromatic rings. The van der Waals surface area contributed by atoms with Crippen LogP contribution in [0.25, 0.3) is 0 Å². The Morgan fingerprint density at radius 1 is 0.537 bits per heavy atom. The number of hydrogen-bond acceptors (Lipinski definition) is 5. The predicted octanol–water partition coefficient (Wildman–Crippen LogP) is 13.6. The van der Waals surface area contributed by atoms with Crippen molar-refractivity contribution in [3.05, 3.63) is 24.3 Å². The van der Waals surface area contributed by atoms with E-state index in [4.69, 9.17) is 4.74 Å². The van der Waals surface area contributed by atoms with Gasteiger partial charge < -0.3 is 20.3 Å². The van der Waals surface area contributed by atoms with Crippen LogP contribution in [-0.2, 0) is 14.3 Å². The lowest BCUT2D eigenvalue weighted by atomic mass is 10.0. The lowest BCUT2D eigenvalue weighted by molar-refractivity contribution is -0.150. The molecule has 0 aliphatic carbocycles. The summed E-state index contributed by atoms with van der Waals surface area (Å²) >= 11 is 0. The first-order chi connectivity index (χ1) is 26.5. The second-order valence-electron chi connectivity index (χ2n) is 16.2. The van der Waals surface area contributed by atoms with E-state index in [2.05, 4.69) is 44.3 Å². The van der Waals surface area contributed by atoms with E-state index in [1.165, 1.54) is 141 Å². The Bertz CT molecular complexity index is 858. The Morgan fingerprint density at radius 2 is 0.944 bits per heavy atom. The third-order valence-electron chi connectivity index (χ3n) is 10.8. The highest BCUT2D eigenvalue weighted by atomic mass is 16.5. The van der Waals surface area contributed by atoms with E-state index in [9.17, 15) is 19.8 Å². The van der Waals surface area contributed by atoms with E-state index in [1.54, 1.807) is 0 Å². The van der Waals surface area contributed by atoms with Crippen molar-refractivity contribution in [3.63, 3.8) is 0 Å². The van der Waals surface area contributed by atoms with Crippen LogP contribution in [0.15, 0.2) is 24.3 Å². The molecule has 0 aliphatic rings. The van der Waals surface area contributed by atoms with Crippen molar-refractivity contribution < 1.29 is 24.5 Å². The van der Waals surface area contributed by atoms with Crippen molar-refractivity contribution in [2.45, 2.75) is 264 Å². The highest BCUT2D eigenvalue weighted by molar-refractivity contribution is 5.77. The van der Waals surface area contributed by atoms with E-state index in [0.717, 1.165) is 51.4 Å². The van der Waals surface area contributed by atoms with Crippen LogP contribution < -0.4 is 5.32 Å². The van der Waals surface area contributed by atoms with E-state index in [1.807, 2.05) is 6.08 Å². The minimum Gasteiger partial charge on any atom is -0.462 e. The van der Waals surface area contributed by atoms with Crippen LogP contribution >= 0.6 is 0 Å². The van der Waals surface area contributed by atoms with Gasteiger partial charge in [0.25, 0.3) is 0 Å². The fourth-order valence-corrected chi connectivity index (χ4v) is 7.19. The molecule has 0 aromatic carbocycles. The van der Waals surface area contributed by atoms with Crippen molar-refractivity contribution in [2.24, 2.45) is 0 Å². The van der Waals surface area contributed by atoms with Crippen molar-refractivity contribution in [2.75, 3.05) is 6.61 Å². The molecule has 0 aliphatic heterocycles. The molecule has 318 valence electrons. The third-order valence-corrected chi connectivity index (χ3v) is 10.8. The summed E-state index contributed by atoms with van der Waals surface area (Å²) in [6.07, 6.45) is 46.7. The molecule has 6 nitrogen and oxygen atoms in total. The van der Waals surface area contributed by atoms with Crippen LogP contribution in [0.3, 0.4) is 0 Å². The van der Waals surface area contributed by atoms with E-state index < -0.39 is 18.2 Å². The predicted molar refractivity (Wildman–Crippen MR) is 232 cm³/mol. The Labute approximate surface area is 335 Å². The molecule has 54 heavy (non-hydrogen) atoms. The van der Waals surface area contributed by atoms with Gasteiger partial charge in [0.05, 0.1) is 25.2 Å². The molecule has 0 spiro atoms. The summed E-state index contributed by atoms with van der Waals surface area (Å²) in [4.78, 5) is 25.9. The van der Waals surface area contributed by atoms with Crippen molar-refractivity contribution in [3.8, 4) is 0 Å². The molecule has 3 N–H and O–H groups in total. The highest BCUT2D eigenvalue weighted by Gasteiger charge is 2.24. The van der Waals surface area contributed by atoms with Gasteiger partial charge in [0.2, 0.25) is 5.91 Å². The van der Waals surface area contributed by atoms with Crippen molar-refractivity contribution >= 4 is 11.9 Å². The second-order valence-corrected chi connectivity index (χ2v) is 16.2. The first-order valence-electron chi connectivity index (χ1n) is 23.6. The van der Waals surface area contributed by atoms with Gasteiger partial charge in [-0.3, -0.25) is 9.59 Å². The third kappa shape index (κ3) is 37.3. The number of allylic oxidation sites excluding steroid dienone is 4. The maximum atomic E-state index is 13.1. The number of esters is 1. The summed E-state index contributed by atoms with van der Waals surface area (Å²) in [6.45, 7) is 6.44. The number of aliphatic hydroxyl groups excluding tert-OH is 2. The summed E-state index contributed by atoms with van der Waals surface area (Å²) in [5, 5.41) is 23.6. The standard InChI is InChI=1S/C48H91NO5/c1-4-7-10-13-16-19-21-23-25-28-31-34-37-40-46(51)45(43-50)49-47(52)42-44(39-36-33-30-27-18-15-12-9-6-3)54-48(53)41-38-35-32-29-26-24-22-20-17-14-11-8-5-2/h24,26,32,35,44-46,50-51H,4-23,25,27-31,33-34,36-43H2,1-3H3,(H,49,52)/b26-24-,35-32+. The van der Waals surface area contributed by atoms with Gasteiger partial charge in [-0.1, -0.05) is 212 Å². The van der Waals surface area contributed by atoms with Crippen LogP contribution in [0.1, 0.15) is 245 Å². The summed E-state index contributed by atoms with van der Waals surface area (Å²) in [5.74, 6) is -0.548. The molecule has 1 amide bonds. The molecule has 0 saturated heterocycles. The first-order valence-corrected chi connectivity index (χ1v) is 23.6. The summed E-state index contributed by atoms with van der Waals surface area (Å²) < 4.78 is 5.86. The van der Waals surface area contributed by atoms with Gasteiger partial charge in [0, 0.05) is 6.42 Å². The molecule has 0 bridgehead atoms. The quantitative estimate of drug-likeness (QED) is 0.0327. The molecule has 6 heteroatoms. The van der Waals surface area contributed by atoms with E-state index in [0.29, 0.717) is 25.7 Å². The summed E-state index contributed by atoms with van der Waals surface area (Å²) in [7, 11) is 0. The minimum absolute atomic E-state index is 0.0595. The number of carbonyl (C=O) groups excluding carboxylic acids is 2. The molecule has 3 unspecified atom stereocenters. The average molecular weight is 762 g/mol. The Kier molecular flexibility index (Phi) is 41.2. The zero-order chi connectivity index (χ0) is 39.6. The normalized spacial score (nSPS) is 13.5. The first kappa shape index (κ1) is 52.3. The maximum Gasteiger partial charge on any atom is 0.306 e. The van der Waals surface area contributed by atoms with Gasteiger partial charge in [-0.15, -0.1) is 0 Å². The molecule has 0 fully saturated rings. The highest BCUT2D eigenvalue weighted by Crippen LogP contribution is 2.17. The lowest BCUT2D eigenvalue weighted by Crippen LogP contribution is -2.46. The zero-order valence-corrected chi connectivity index (χ0v) is 36.1. The summed E-state index contributed by atoms with van der Waals surface area (Å²) in [5.41, 5.74) is 0. The van der Waals surface area contributed by atoms with Crippen LogP contribution in [0.4, 0.5) is 0 Å². The number of aliphatic hydroxyl groups is 2. The monoisotopic (exact) mass is 762 g/mol. The topological polar surface area (TPSA) is 95.9 Å².